The van der Waals surface area contributed by atoms with Gasteiger partial charge in [-0.25, -0.2) is 15.0 Å². The van der Waals surface area contributed by atoms with Crippen LogP contribution in [-0.4, -0.2) is 29.2 Å². The van der Waals surface area contributed by atoms with Gasteiger partial charge in [0.05, 0.1) is 25.2 Å². The molecule has 1 aliphatic heterocycles. The van der Waals surface area contributed by atoms with E-state index >= 15 is 0 Å². The van der Waals surface area contributed by atoms with Crippen LogP contribution in [0.1, 0.15) is 22.3 Å². The molecule has 2 aromatic heterocycles. The second kappa shape index (κ2) is 11.9. The van der Waals surface area contributed by atoms with Crippen molar-refractivity contribution >= 4 is 21.9 Å². The fourth-order valence-corrected chi connectivity index (χ4v) is 8.64. The number of hydrogen-bond acceptors (Lipinski definition) is 7. The zero-order valence-corrected chi connectivity index (χ0v) is 29.9. The van der Waals surface area contributed by atoms with Crippen LogP contribution in [0.4, 0.5) is 0 Å². The third-order valence-electron chi connectivity index (χ3n) is 11.0. The molecule has 7 heteroatoms. The molecule has 0 radical (unpaired) electrons. The molecule has 1 atom stereocenters. The maximum Gasteiger partial charge on any atom is 0.167 e. The number of nitrogens with zero attached hydrogens (tertiary/aromatic N) is 3. The number of methoxy groups -OCH3 is 2. The summed E-state index contributed by atoms with van der Waals surface area (Å²) in [7, 11) is 3.31. The van der Waals surface area contributed by atoms with Crippen molar-refractivity contribution in [3.05, 3.63) is 174 Å². The highest BCUT2D eigenvalue weighted by atomic mass is 16.5. The highest BCUT2D eigenvalue weighted by Gasteiger charge is 2.52. The molecule has 2 aliphatic rings. The Balaban J connectivity index is 1.20. The molecule has 1 unspecified atom stereocenters. The Morgan fingerprint density at radius 2 is 1.07 bits per heavy atom. The van der Waals surface area contributed by atoms with E-state index in [4.69, 9.17) is 33.6 Å². The number of benzene rings is 7. The van der Waals surface area contributed by atoms with E-state index in [1.54, 1.807) is 14.2 Å². The summed E-state index contributed by atoms with van der Waals surface area (Å²) >= 11 is 0. The Bertz CT molecular complexity index is 2920. The highest BCUT2D eigenvalue weighted by Crippen LogP contribution is 2.64. The number of ether oxygens (including phenoxy) is 3. The Morgan fingerprint density at radius 1 is 0.473 bits per heavy atom. The lowest BCUT2D eigenvalue weighted by Gasteiger charge is -2.39. The SMILES string of the molecule is COc1ccc(-c2nc(-c3ccc(OC)cc3)nc(-c3cccc4c3Oc3ccccc3C43c4ccccc4-c4c3ccc3oc5ccccc5c43)n2)cc1. The van der Waals surface area contributed by atoms with Crippen molar-refractivity contribution in [3.63, 3.8) is 0 Å². The Labute approximate surface area is 316 Å². The largest absolute Gasteiger partial charge is 0.497 e. The molecule has 3 heterocycles. The third-order valence-corrected chi connectivity index (χ3v) is 11.0. The van der Waals surface area contributed by atoms with Crippen molar-refractivity contribution in [1.82, 2.24) is 15.0 Å². The third kappa shape index (κ3) is 4.47. The predicted molar refractivity (Wildman–Crippen MR) is 214 cm³/mol. The molecular weight excluding hydrogens is 683 g/mol. The molecule has 0 bridgehead atoms. The van der Waals surface area contributed by atoms with Crippen molar-refractivity contribution in [2.75, 3.05) is 14.2 Å². The lowest BCUT2D eigenvalue weighted by molar-refractivity contribution is 0.415. The summed E-state index contributed by atoms with van der Waals surface area (Å²) in [6.07, 6.45) is 0. The number of rotatable bonds is 5. The fourth-order valence-electron chi connectivity index (χ4n) is 8.64. The number of para-hydroxylation sites is 3. The molecule has 1 aliphatic carbocycles. The Hall–Kier alpha value is -7.25. The number of hydrogen-bond donors (Lipinski definition) is 0. The second-order valence-corrected chi connectivity index (χ2v) is 13.8. The average molecular weight is 714 g/mol. The van der Waals surface area contributed by atoms with Gasteiger partial charge in [0, 0.05) is 33.0 Å². The minimum atomic E-state index is -0.705. The monoisotopic (exact) mass is 713 g/mol. The molecule has 0 N–H and O–H groups in total. The van der Waals surface area contributed by atoms with E-state index in [1.807, 2.05) is 72.8 Å². The number of aromatic nitrogens is 3. The maximum atomic E-state index is 7.02. The summed E-state index contributed by atoms with van der Waals surface area (Å²) in [4.78, 5) is 15.3. The minimum absolute atomic E-state index is 0.501. The van der Waals surface area contributed by atoms with Crippen LogP contribution in [0.15, 0.2) is 156 Å². The minimum Gasteiger partial charge on any atom is -0.497 e. The summed E-state index contributed by atoms with van der Waals surface area (Å²) in [6, 6.07) is 51.6. The molecule has 1 spiro atoms. The molecule has 55 heavy (non-hydrogen) atoms. The van der Waals surface area contributed by atoms with Gasteiger partial charge in [-0.1, -0.05) is 78.9 Å². The van der Waals surface area contributed by atoms with Gasteiger partial charge in [-0.05, 0) is 95.1 Å². The van der Waals surface area contributed by atoms with Gasteiger partial charge < -0.3 is 18.6 Å². The zero-order valence-electron chi connectivity index (χ0n) is 29.9. The van der Waals surface area contributed by atoms with E-state index in [1.165, 1.54) is 22.3 Å². The van der Waals surface area contributed by atoms with Crippen molar-refractivity contribution in [3.8, 4) is 68.3 Å². The normalized spacial score (nSPS) is 14.9. The summed E-state index contributed by atoms with van der Waals surface area (Å²) in [6.45, 7) is 0. The van der Waals surface area contributed by atoms with Gasteiger partial charge >= 0.3 is 0 Å². The van der Waals surface area contributed by atoms with Gasteiger partial charge in [0.1, 0.15) is 34.2 Å². The predicted octanol–water partition coefficient (Wildman–Crippen LogP) is 11.3. The Morgan fingerprint density at radius 3 is 1.80 bits per heavy atom. The van der Waals surface area contributed by atoms with Gasteiger partial charge in [0.2, 0.25) is 0 Å². The van der Waals surface area contributed by atoms with Crippen LogP contribution in [0.2, 0.25) is 0 Å². The molecule has 11 rings (SSSR count). The van der Waals surface area contributed by atoms with Gasteiger partial charge in [0.15, 0.2) is 17.5 Å². The van der Waals surface area contributed by atoms with Crippen LogP contribution in [0, 0.1) is 0 Å². The summed E-state index contributed by atoms with van der Waals surface area (Å²) in [5.41, 5.74) is 10.3. The smallest absolute Gasteiger partial charge is 0.167 e. The first-order chi connectivity index (χ1) is 27.1. The van der Waals surface area contributed by atoms with Gasteiger partial charge in [-0.2, -0.15) is 0 Å². The molecule has 0 saturated carbocycles. The van der Waals surface area contributed by atoms with Gasteiger partial charge in [-0.3, -0.25) is 0 Å². The van der Waals surface area contributed by atoms with E-state index < -0.39 is 5.41 Å². The van der Waals surface area contributed by atoms with Crippen LogP contribution in [0.5, 0.6) is 23.0 Å². The van der Waals surface area contributed by atoms with Crippen LogP contribution in [0.3, 0.4) is 0 Å². The van der Waals surface area contributed by atoms with Crippen molar-refractivity contribution < 1.29 is 18.6 Å². The lowest BCUT2D eigenvalue weighted by atomic mass is 9.65. The van der Waals surface area contributed by atoms with Gasteiger partial charge in [-0.15, -0.1) is 0 Å². The molecule has 7 aromatic carbocycles. The van der Waals surface area contributed by atoms with E-state index in [-0.39, 0.29) is 0 Å². The van der Waals surface area contributed by atoms with Crippen molar-refractivity contribution in [2.24, 2.45) is 0 Å². The zero-order chi connectivity index (χ0) is 36.7. The summed E-state index contributed by atoms with van der Waals surface area (Å²) in [5.74, 6) is 4.55. The topological polar surface area (TPSA) is 79.5 Å². The molecular formula is C48H31N3O4. The van der Waals surface area contributed by atoms with E-state index in [0.29, 0.717) is 23.2 Å². The van der Waals surface area contributed by atoms with E-state index in [0.717, 1.165) is 67.0 Å². The van der Waals surface area contributed by atoms with Crippen LogP contribution in [0.25, 0.3) is 67.2 Å². The number of fused-ring (bicyclic) bond motifs is 13. The molecule has 7 nitrogen and oxygen atoms in total. The average Bonchev–Trinajstić information content (AvgIpc) is 3.77. The first-order valence-electron chi connectivity index (χ1n) is 18.2. The maximum absolute atomic E-state index is 7.02. The molecule has 0 saturated heterocycles. The Kier molecular flexibility index (Phi) is 6.76. The first-order valence-corrected chi connectivity index (χ1v) is 18.2. The molecule has 262 valence electrons. The summed E-state index contributed by atoms with van der Waals surface area (Å²) in [5, 5.41) is 2.21. The summed E-state index contributed by atoms with van der Waals surface area (Å²) < 4.78 is 24.4. The van der Waals surface area contributed by atoms with Crippen molar-refractivity contribution in [2.45, 2.75) is 5.41 Å². The van der Waals surface area contributed by atoms with Gasteiger partial charge in [0.25, 0.3) is 0 Å². The van der Waals surface area contributed by atoms with Crippen LogP contribution in [-0.2, 0) is 5.41 Å². The van der Waals surface area contributed by atoms with E-state index in [2.05, 4.69) is 78.9 Å². The molecule has 0 fully saturated rings. The number of furan rings is 1. The fraction of sp³-hybridized carbons (Fsp3) is 0.0625. The first kappa shape index (κ1) is 31.3. The quantitative estimate of drug-likeness (QED) is 0.176. The molecule has 0 amide bonds. The molecule has 9 aromatic rings. The highest BCUT2D eigenvalue weighted by molar-refractivity contribution is 6.15. The second-order valence-electron chi connectivity index (χ2n) is 13.8. The van der Waals surface area contributed by atoms with Crippen molar-refractivity contribution in [1.29, 1.82) is 0 Å². The van der Waals surface area contributed by atoms with Crippen LogP contribution < -0.4 is 14.2 Å². The standard InChI is InChI=1S/C48H31N3O4/c1-52-30-22-18-28(19-23-30)45-49-46(29-20-24-31(53-2)25-21-29)51-47(50-45)34-12-9-15-38-44(34)55-40-17-8-6-14-36(40)48(38)35-13-5-3-10-32(35)42-37(48)26-27-41-43(42)33-11-4-7-16-39(33)54-41/h3-27H,1-2H3. The van der Waals surface area contributed by atoms with E-state index in [9.17, 15) is 0 Å². The van der Waals surface area contributed by atoms with Crippen LogP contribution >= 0.6 is 0 Å². The lowest BCUT2D eigenvalue weighted by Crippen LogP contribution is -2.32.